The molecule has 0 fully saturated rings. The normalized spacial score (nSPS) is 11.7. The fraction of sp³-hybridized carbons (Fsp3) is 0.381. The van der Waals surface area contributed by atoms with Gasteiger partial charge in [-0.3, -0.25) is 10.00 Å². The van der Waals surface area contributed by atoms with Crippen LogP contribution in [0.3, 0.4) is 0 Å². The molecule has 2 aromatic heterocycles. The number of amides is 1. The molecule has 0 aliphatic carbocycles. The Balaban J connectivity index is 2.07. The summed E-state index contributed by atoms with van der Waals surface area (Å²) in [5.74, 6) is 0.561. The third-order valence-electron chi connectivity index (χ3n) is 4.83. The number of hydrogen-bond donors (Lipinski definition) is 3. The van der Waals surface area contributed by atoms with Crippen molar-refractivity contribution >= 4 is 34.9 Å². The molecule has 12 heteroatoms. The Morgan fingerprint density at radius 2 is 1.97 bits per heavy atom. The maximum atomic E-state index is 12.0. The monoisotopic (exact) mass is 457 g/mol. The molecule has 176 valence electrons. The van der Waals surface area contributed by atoms with Gasteiger partial charge in [0.15, 0.2) is 5.82 Å². The number of aromatic nitrogens is 4. The van der Waals surface area contributed by atoms with Crippen molar-refractivity contribution in [3.63, 3.8) is 0 Å². The van der Waals surface area contributed by atoms with Crippen LogP contribution >= 0.6 is 0 Å². The average molecular weight is 457 g/mol. The van der Waals surface area contributed by atoms with Gasteiger partial charge in [0.05, 0.1) is 45.8 Å². The van der Waals surface area contributed by atoms with Gasteiger partial charge in [0.25, 0.3) is 0 Å². The first kappa shape index (κ1) is 23.7. The summed E-state index contributed by atoms with van der Waals surface area (Å²) in [7, 11) is 4.11. The van der Waals surface area contributed by atoms with Gasteiger partial charge in [0, 0.05) is 5.56 Å². The smallest absolute Gasteiger partial charge is 0.413 e. The zero-order chi connectivity index (χ0) is 24.0. The second-order valence-electron chi connectivity index (χ2n) is 7.11. The summed E-state index contributed by atoms with van der Waals surface area (Å²) in [5.41, 5.74) is 8.32. The number of carbonyl (C=O) groups is 2. The topological polar surface area (TPSA) is 156 Å². The van der Waals surface area contributed by atoms with Crippen molar-refractivity contribution in [1.29, 1.82) is 0 Å². The minimum Gasteiger partial charge on any atom is -0.496 e. The van der Waals surface area contributed by atoms with Crippen molar-refractivity contribution in [1.82, 2.24) is 19.7 Å². The third-order valence-corrected chi connectivity index (χ3v) is 4.83. The van der Waals surface area contributed by atoms with E-state index in [9.17, 15) is 9.59 Å². The quantitative estimate of drug-likeness (QED) is 0.322. The molecule has 1 amide bonds. The minimum absolute atomic E-state index is 0.0466. The zero-order valence-electron chi connectivity index (χ0n) is 18.9. The van der Waals surface area contributed by atoms with E-state index in [0.29, 0.717) is 40.1 Å². The standard InChI is InChI=1S/C21H27N7O5/c1-5-6-16(22)25-18-17-14(24-20(26-18)27-21(30)33-4)10-23-28(17)11-13-9-12(19(29)32-3)7-8-15(13)31-2/h7-10,16H,5-6,11,22H2,1-4H3,(H2,24,25,26,27,30). The van der Waals surface area contributed by atoms with E-state index in [0.717, 1.165) is 6.42 Å². The second kappa shape index (κ2) is 10.6. The highest BCUT2D eigenvalue weighted by Gasteiger charge is 2.19. The summed E-state index contributed by atoms with van der Waals surface area (Å²) in [5, 5.41) is 10.1. The number of rotatable bonds is 9. The average Bonchev–Trinajstić information content (AvgIpc) is 3.21. The Labute approximate surface area is 190 Å². The van der Waals surface area contributed by atoms with Crippen LogP contribution in [0, 0.1) is 0 Å². The lowest BCUT2D eigenvalue weighted by Gasteiger charge is -2.16. The summed E-state index contributed by atoms with van der Waals surface area (Å²) >= 11 is 0. The molecule has 1 aromatic carbocycles. The van der Waals surface area contributed by atoms with Gasteiger partial charge < -0.3 is 25.3 Å². The summed E-state index contributed by atoms with van der Waals surface area (Å²) in [4.78, 5) is 32.4. The van der Waals surface area contributed by atoms with Crippen LogP contribution in [0.1, 0.15) is 35.7 Å². The van der Waals surface area contributed by atoms with E-state index < -0.39 is 12.1 Å². The summed E-state index contributed by atoms with van der Waals surface area (Å²) in [6.07, 6.45) is 2.04. The largest absolute Gasteiger partial charge is 0.496 e. The Hall–Kier alpha value is -3.93. The third kappa shape index (κ3) is 5.47. The Morgan fingerprint density at radius 3 is 2.64 bits per heavy atom. The van der Waals surface area contributed by atoms with E-state index in [4.69, 9.17) is 15.2 Å². The lowest BCUT2D eigenvalue weighted by molar-refractivity contribution is 0.0600. The maximum absolute atomic E-state index is 12.0. The predicted octanol–water partition coefficient (Wildman–Crippen LogP) is 2.34. The maximum Gasteiger partial charge on any atom is 0.413 e. The van der Waals surface area contributed by atoms with E-state index in [1.807, 2.05) is 6.92 Å². The summed E-state index contributed by atoms with van der Waals surface area (Å²) < 4.78 is 16.6. The molecule has 0 saturated carbocycles. The number of anilines is 2. The van der Waals surface area contributed by atoms with E-state index in [1.165, 1.54) is 14.2 Å². The van der Waals surface area contributed by atoms with Gasteiger partial charge in [-0.15, -0.1) is 0 Å². The molecule has 0 bridgehead atoms. The van der Waals surface area contributed by atoms with E-state index in [-0.39, 0.29) is 18.7 Å². The molecule has 0 aliphatic rings. The molecule has 0 saturated heterocycles. The predicted molar refractivity (Wildman–Crippen MR) is 121 cm³/mol. The molecular formula is C21H27N7O5. The van der Waals surface area contributed by atoms with Crippen molar-refractivity contribution in [2.24, 2.45) is 5.73 Å². The van der Waals surface area contributed by atoms with Crippen LogP contribution in [0.25, 0.3) is 11.0 Å². The number of ether oxygens (including phenoxy) is 3. The van der Waals surface area contributed by atoms with Crippen LogP contribution in [0.5, 0.6) is 5.75 Å². The molecule has 0 spiro atoms. The Morgan fingerprint density at radius 1 is 1.18 bits per heavy atom. The van der Waals surface area contributed by atoms with E-state index >= 15 is 0 Å². The SMILES string of the molecule is CCCC(N)Nc1nc(NC(=O)OC)nc2cnn(Cc3cc(C(=O)OC)ccc3OC)c12. The van der Waals surface area contributed by atoms with Gasteiger partial charge in [-0.25, -0.2) is 14.6 Å². The van der Waals surface area contributed by atoms with Crippen molar-refractivity contribution < 1.29 is 23.8 Å². The molecular weight excluding hydrogens is 430 g/mol. The highest BCUT2D eigenvalue weighted by Crippen LogP contribution is 2.27. The number of carbonyl (C=O) groups excluding carboxylic acids is 2. The number of nitrogens with two attached hydrogens (primary N) is 1. The molecule has 33 heavy (non-hydrogen) atoms. The van der Waals surface area contributed by atoms with Gasteiger partial charge >= 0.3 is 12.1 Å². The highest BCUT2D eigenvalue weighted by atomic mass is 16.5. The summed E-state index contributed by atoms with van der Waals surface area (Å²) in [6.45, 7) is 2.27. The van der Waals surface area contributed by atoms with Gasteiger partial charge in [-0.2, -0.15) is 10.1 Å². The number of methoxy groups -OCH3 is 3. The van der Waals surface area contributed by atoms with Crippen LogP contribution in [0.15, 0.2) is 24.4 Å². The van der Waals surface area contributed by atoms with Crippen LogP contribution in [-0.4, -0.2) is 59.3 Å². The number of esters is 1. The molecule has 2 heterocycles. The molecule has 0 radical (unpaired) electrons. The second-order valence-corrected chi connectivity index (χ2v) is 7.11. The van der Waals surface area contributed by atoms with Gasteiger partial charge in [0.2, 0.25) is 5.95 Å². The highest BCUT2D eigenvalue weighted by molar-refractivity contribution is 5.90. The van der Waals surface area contributed by atoms with Crippen LogP contribution in [0.4, 0.5) is 16.6 Å². The molecule has 4 N–H and O–H groups in total. The molecule has 3 rings (SSSR count). The van der Waals surface area contributed by atoms with Gasteiger partial charge in [-0.05, 0) is 24.6 Å². The van der Waals surface area contributed by atoms with Crippen LogP contribution in [0.2, 0.25) is 0 Å². The van der Waals surface area contributed by atoms with Crippen molar-refractivity contribution in [3.05, 3.63) is 35.5 Å². The number of nitrogens with one attached hydrogen (secondary N) is 2. The first-order valence-corrected chi connectivity index (χ1v) is 10.3. The van der Waals surface area contributed by atoms with Crippen molar-refractivity contribution in [2.75, 3.05) is 32.0 Å². The molecule has 3 aromatic rings. The lowest BCUT2D eigenvalue weighted by atomic mass is 10.1. The summed E-state index contributed by atoms with van der Waals surface area (Å²) in [6, 6.07) is 5.00. The number of nitrogens with zero attached hydrogens (tertiary/aromatic N) is 4. The Kier molecular flexibility index (Phi) is 7.61. The molecule has 1 atom stereocenters. The lowest BCUT2D eigenvalue weighted by Crippen LogP contribution is -2.30. The molecule has 1 unspecified atom stereocenters. The number of hydrogen-bond acceptors (Lipinski definition) is 10. The zero-order valence-corrected chi connectivity index (χ0v) is 18.9. The first-order valence-electron chi connectivity index (χ1n) is 10.3. The van der Waals surface area contributed by atoms with Crippen molar-refractivity contribution in [3.8, 4) is 5.75 Å². The van der Waals surface area contributed by atoms with Gasteiger partial charge in [-0.1, -0.05) is 13.3 Å². The van der Waals surface area contributed by atoms with E-state index in [1.54, 1.807) is 36.2 Å². The number of fused-ring (bicyclic) bond motifs is 1. The minimum atomic E-state index is -0.699. The van der Waals surface area contributed by atoms with Crippen LogP contribution in [-0.2, 0) is 16.0 Å². The fourth-order valence-corrected chi connectivity index (χ4v) is 3.28. The fourth-order valence-electron chi connectivity index (χ4n) is 3.28. The first-order chi connectivity index (χ1) is 15.9. The van der Waals surface area contributed by atoms with E-state index in [2.05, 4.69) is 30.4 Å². The molecule has 12 nitrogen and oxygen atoms in total. The van der Waals surface area contributed by atoms with Crippen molar-refractivity contribution in [2.45, 2.75) is 32.5 Å². The van der Waals surface area contributed by atoms with Gasteiger partial charge in [0.1, 0.15) is 16.8 Å². The Bertz CT molecular complexity index is 1150. The van der Waals surface area contributed by atoms with Crippen LogP contribution < -0.4 is 21.1 Å². The number of benzene rings is 1. The molecule has 0 aliphatic heterocycles.